The zero-order valence-corrected chi connectivity index (χ0v) is 10.7. The van der Waals surface area contributed by atoms with Gasteiger partial charge in [0.25, 0.3) is 5.91 Å². The molecule has 0 aliphatic heterocycles. The van der Waals surface area contributed by atoms with Gasteiger partial charge in [-0.2, -0.15) is 0 Å². The maximum Gasteiger partial charge on any atom is 0.335 e. The van der Waals surface area contributed by atoms with Crippen molar-refractivity contribution in [2.45, 2.75) is 0 Å². The topological polar surface area (TPSA) is 57.6 Å². The van der Waals surface area contributed by atoms with Crippen molar-refractivity contribution >= 4 is 17.6 Å². The molecule has 1 amide bonds. The Hall–Kier alpha value is -2.69. The SMILES string of the molecule is CN(C(=O)c1cccc(C(=O)O)c1)c1ccccc1F. The number of rotatable bonds is 3. The maximum absolute atomic E-state index is 13.6. The van der Waals surface area contributed by atoms with Gasteiger partial charge in [-0.15, -0.1) is 0 Å². The van der Waals surface area contributed by atoms with Gasteiger partial charge in [-0.1, -0.05) is 18.2 Å². The monoisotopic (exact) mass is 273 g/mol. The van der Waals surface area contributed by atoms with E-state index in [2.05, 4.69) is 0 Å². The lowest BCUT2D eigenvalue weighted by Gasteiger charge is -2.18. The zero-order chi connectivity index (χ0) is 14.7. The Kier molecular flexibility index (Phi) is 3.79. The summed E-state index contributed by atoms with van der Waals surface area (Å²) in [7, 11) is 1.44. The van der Waals surface area contributed by atoms with Crippen molar-refractivity contribution in [2.24, 2.45) is 0 Å². The van der Waals surface area contributed by atoms with Crippen LogP contribution in [-0.4, -0.2) is 24.0 Å². The first-order valence-corrected chi connectivity index (χ1v) is 5.86. The van der Waals surface area contributed by atoms with Crippen LogP contribution in [0.5, 0.6) is 0 Å². The zero-order valence-electron chi connectivity index (χ0n) is 10.7. The summed E-state index contributed by atoms with van der Waals surface area (Å²) in [5, 5.41) is 8.91. The second-order valence-corrected chi connectivity index (χ2v) is 4.20. The summed E-state index contributed by atoms with van der Waals surface area (Å²) < 4.78 is 13.6. The molecule has 0 radical (unpaired) electrons. The number of carboxylic acid groups (broad SMARTS) is 1. The maximum atomic E-state index is 13.6. The van der Waals surface area contributed by atoms with Gasteiger partial charge in [0.15, 0.2) is 0 Å². The van der Waals surface area contributed by atoms with Crippen LogP contribution in [0.4, 0.5) is 10.1 Å². The first kappa shape index (κ1) is 13.7. The van der Waals surface area contributed by atoms with Crippen LogP contribution in [0.3, 0.4) is 0 Å². The second kappa shape index (κ2) is 5.52. The molecule has 0 atom stereocenters. The highest BCUT2D eigenvalue weighted by atomic mass is 19.1. The molecule has 2 aromatic carbocycles. The van der Waals surface area contributed by atoms with Crippen molar-refractivity contribution in [1.82, 2.24) is 0 Å². The van der Waals surface area contributed by atoms with Crippen LogP contribution in [-0.2, 0) is 0 Å². The molecule has 0 fully saturated rings. The quantitative estimate of drug-likeness (QED) is 0.935. The first-order valence-electron chi connectivity index (χ1n) is 5.86. The molecule has 5 heteroatoms. The number of aromatic carboxylic acids is 1. The highest BCUT2D eigenvalue weighted by Crippen LogP contribution is 2.19. The summed E-state index contributed by atoms with van der Waals surface area (Å²) >= 11 is 0. The summed E-state index contributed by atoms with van der Waals surface area (Å²) in [6, 6.07) is 11.5. The van der Waals surface area contributed by atoms with Crippen LogP contribution in [0.2, 0.25) is 0 Å². The molecule has 2 rings (SSSR count). The third kappa shape index (κ3) is 2.66. The number of carbonyl (C=O) groups excluding carboxylic acids is 1. The third-order valence-electron chi connectivity index (χ3n) is 2.87. The molecular formula is C15H12FNO3. The van der Waals surface area contributed by atoms with Crippen molar-refractivity contribution < 1.29 is 19.1 Å². The number of hydrogen-bond donors (Lipinski definition) is 1. The van der Waals surface area contributed by atoms with Gasteiger partial charge in [0.2, 0.25) is 0 Å². The summed E-state index contributed by atoms with van der Waals surface area (Å²) in [5.41, 5.74) is 0.340. The van der Waals surface area contributed by atoms with Crippen LogP contribution in [0.1, 0.15) is 20.7 Å². The molecule has 0 bridgehead atoms. The number of hydrogen-bond acceptors (Lipinski definition) is 2. The molecule has 4 nitrogen and oxygen atoms in total. The van der Waals surface area contributed by atoms with E-state index in [4.69, 9.17) is 5.11 Å². The van der Waals surface area contributed by atoms with Gasteiger partial charge in [0, 0.05) is 12.6 Å². The van der Waals surface area contributed by atoms with E-state index in [0.29, 0.717) is 0 Å². The standard InChI is InChI=1S/C15H12FNO3/c1-17(13-8-3-2-7-12(13)16)14(18)10-5-4-6-11(9-10)15(19)20/h2-9H,1H3,(H,19,20). The molecule has 1 N–H and O–H groups in total. The number of para-hydroxylation sites is 1. The number of carbonyl (C=O) groups is 2. The minimum atomic E-state index is -1.12. The van der Waals surface area contributed by atoms with Gasteiger partial charge in [-0.05, 0) is 30.3 Å². The number of carboxylic acids is 1. The molecule has 0 aliphatic carbocycles. The van der Waals surface area contributed by atoms with Gasteiger partial charge in [-0.3, -0.25) is 4.79 Å². The van der Waals surface area contributed by atoms with Gasteiger partial charge < -0.3 is 10.0 Å². The molecular weight excluding hydrogens is 261 g/mol. The van der Waals surface area contributed by atoms with Gasteiger partial charge in [-0.25, -0.2) is 9.18 Å². The van der Waals surface area contributed by atoms with Gasteiger partial charge in [0.1, 0.15) is 5.82 Å². The fraction of sp³-hybridized carbons (Fsp3) is 0.0667. The lowest BCUT2D eigenvalue weighted by atomic mass is 10.1. The Bertz CT molecular complexity index is 670. The van der Waals surface area contributed by atoms with Crippen LogP contribution < -0.4 is 4.90 Å². The van der Waals surface area contributed by atoms with Crippen LogP contribution in [0.15, 0.2) is 48.5 Å². The van der Waals surface area contributed by atoms with Crippen LogP contribution in [0.25, 0.3) is 0 Å². The van der Waals surface area contributed by atoms with Gasteiger partial charge in [0.05, 0.1) is 11.3 Å². The molecule has 0 aromatic heterocycles. The minimum Gasteiger partial charge on any atom is -0.478 e. The van der Waals surface area contributed by atoms with Crippen molar-refractivity contribution in [3.63, 3.8) is 0 Å². The highest BCUT2D eigenvalue weighted by Gasteiger charge is 2.17. The number of nitrogens with zero attached hydrogens (tertiary/aromatic N) is 1. The lowest BCUT2D eigenvalue weighted by molar-refractivity contribution is 0.0697. The first-order chi connectivity index (χ1) is 9.50. The Labute approximate surface area is 115 Å². The van der Waals surface area contributed by atoms with E-state index in [1.807, 2.05) is 0 Å². The number of benzene rings is 2. The smallest absolute Gasteiger partial charge is 0.335 e. The summed E-state index contributed by atoms with van der Waals surface area (Å²) in [6.07, 6.45) is 0. The largest absolute Gasteiger partial charge is 0.478 e. The van der Waals surface area contributed by atoms with E-state index in [1.54, 1.807) is 6.07 Å². The fourth-order valence-electron chi connectivity index (χ4n) is 1.81. The minimum absolute atomic E-state index is 0.0118. The molecule has 2 aromatic rings. The number of halogens is 1. The predicted octanol–water partition coefficient (Wildman–Crippen LogP) is 2.80. The molecule has 0 unspecified atom stereocenters. The fourth-order valence-corrected chi connectivity index (χ4v) is 1.81. The molecule has 102 valence electrons. The molecule has 0 heterocycles. The normalized spacial score (nSPS) is 10.1. The van der Waals surface area contributed by atoms with Crippen LogP contribution >= 0.6 is 0 Å². The van der Waals surface area contributed by atoms with E-state index >= 15 is 0 Å². The average molecular weight is 273 g/mol. The van der Waals surface area contributed by atoms with Crippen LogP contribution in [0, 0.1) is 5.82 Å². The van der Waals surface area contributed by atoms with E-state index in [9.17, 15) is 14.0 Å². The number of amides is 1. The summed E-state index contributed by atoms with van der Waals surface area (Å²) in [4.78, 5) is 24.3. The number of anilines is 1. The Morgan fingerprint density at radius 1 is 1.05 bits per heavy atom. The van der Waals surface area contributed by atoms with Crippen molar-refractivity contribution in [3.05, 3.63) is 65.5 Å². The highest BCUT2D eigenvalue weighted by molar-refractivity contribution is 6.06. The van der Waals surface area contributed by atoms with Crippen molar-refractivity contribution in [3.8, 4) is 0 Å². The molecule has 0 saturated carbocycles. The van der Waals surface area contributed by atoms with Crippen molar-refractivity contribution in [1.29, 1.82) is 0 Å². The van der Waals surface area contributed by atoms with Crippen molar-refractivity contribution in [2.75, 3.05) is 11.9 Å². The van der Waals surface area contributed by atoms with E-state index in [1.165, 1.54) is 49.5 Å². The van der Waals surface area contributed by atoms with E-state index < -0.39 is 17.7 Å². The summed E-state index contributed by atoms with van der Waals surface area (Å²) in [6.45, 7) is 0. The van der Waals surface area contributed by atoms with E-state index in [0.717, 1.165) is 4.90 Å². The van der Waals surface area contributed by atoms with Gasteiger partial charge >= 0.3 is 5.97 Å². The Morgan fingerprint density at radius 2 is 1.70 bits per heavy atom. The lowest BCUT2D eigenvalue weighted by Crippen LogP contribution is -2.27. The predicted molar refractivity (Wildman–Crippen MR) is 72.5 cm³/mol. The second-order valence-electron chi connectivity index (χ2n) is 4.20. The Morgan fingerprint density at radius 3 is 2.35 bits per heavy atom. The molecule has 0 aliphatic rings. The molecule has 20 heavy (non-hydrogen) atoms. The third-order valence-corrected chi connectivity index (χ3v) is 2.87. The average Bonchev–Trinajstić information content (AvgIpc) is 2.46. The summed E-state index contributed by atoms with van der Waals surface area (Å²) in [5.74, 6) is -2.11. The molecule has 0 saturated heterocycles. The molecule has 0 spiro atoms. The van der Waals surface area contributed by atoms with E-state index in [-0.39, 0.29) is 16.8 Å². The Balaban J connectivity index is 2.34.